The van der Waals surface area contributed by atoms with Gasteiger partial charge in [0.15, 0.2) is 0 Å². The Kier molecular flexibility index (Phi) is 8.79. The first kappa shape index (κ1) is 35.1. The second-order valence-corrected chi connectivity index (χ2v) is 15.0. The summed E-state index contributed by atoms with van der Waals surface area (Å²) in [6, 6.07) is 81.3. The maximum Gasteiger partial charge on any atom is 0.0973 e. The highest BCUT2D eigenvalue weighted by Gasteiger charge is 2.19. The summed E-state index contributed by atoms with van der Waals surface area (Å²) in [5, 5.41) is 2.51. The van der Waals surface area contributed by atoms with Crippen molar-refractivity contribution in [1.29, 1.82) is 0 Å². The molecule has 0 saturated heterocycles. The molecule has 0 spiro atoms. The molecule has 11 rings (SSSR count). The number of anilines is 3. The molecular formula is C56H38N4. The summed E-state index contributed by atoms with van der Waals surface area (Å²) in [4.78, 5) is 13.1. The lowest BCUT2D eigenvalue weighted by Gasteiger charge is -2.26. The molecule has 0 N–H and O–H groups in total. The van der Waals surface area contributed by atoms with Gasteiger partial charge < -0.3 is 9.47 Å². The highest BCUT2D eigenvalue weighted by atomic mass is 15.1. The summed E-state index contributed by atoms with van der Waals surface area (Å²) in [6.45, 7) is 0. The van der Waals surface area contributed by atoms with Gasteiger partial charge in [-0.25, -0.2) is 9.97 Å². The molecule has 282 valence electrons. The van der Waals surface area contributed by atoms with Crippen molar-refractivity contribution < 1.29 is 0 Å². The maximum atomic E-state index is 5.42. The Morgan fingerprint density at radius 3 is 1.40 bits per heavy atom. The minimum absolute atomic E-state index is 0.846. The largest absolute Gasteiger partial charge is 0.311 e. The van der Waals surface area contributed by atoms with Gasteiger partial charge in [0.25, 0.3) is 0 Å². The molecule has 0 amide bonds. The normalized spacial score (nSPS) is 11.3. The smallest absolute Gasteiger partial charge is 0.0973 e. The number of nitrogens with zero attached hydrogens (tertiary/aromatic N) is 4. The van der Waals surface area contributed by atoms with E-state index in [0.717, 1.165) is 67.4 Å². The van der Waals surface area contributed by atoms with Crippen LogP contribution in [-0.4, -0.2) is 14.5 Å². The fraction of sp³-hybridized carbons (Fsp3) is 0. The fourth-order valence-electron chi connectivity index (χ4n) is 8.53. The lowest BCUT2D eigenvalue weighted by Crippen LogP contribution is -2.10. The van der Waals surface area contributed by atoms with Crippen molar-refractivity contribution >= 4 is 49.9 Å². The van der Waals surface area contributed by atoms with Crippen LogP contribution in [0.1, 0.15) is 0 Å². The van der Waals surface area contributed by atoms with Gasteiger partial charge in [0.1, 0.15) is 0 Å². The van der Waals surface area contributed by atoms with E-state index < -0.39 is 0 Å². The van der Waals surface area contributed by atoms with E-state index in [1.165, 1.54) is 32.9 Å². The van der Waals surface area contributed by atoms with Gasteiger partial charge in [-0.15, -0.1) is 0 Å². The van der Waals surface area contributed by atoms with Crippen molar-refractivity contribution in [3.05, 3.63) is 231 Å². The van der Waals surface area contributed by atoms with Crippen molar-refractivity contribution in [2.75, 3.05) is 4.90 Å². The highest BCUT2D eigenvalue weighted by Crippen LogP contribution is 2.40. The van der Waals surface area contributed by atoms with E-state index in [1.54, 1.807) is 0 Å². The number of benzene rings is 9. The second-order valence-electron chi connectivity index (χ2n) is 15.0. The quantitative estimate of drug-likeness (QED) is 0.154. The topological polar surface area (TPSA) is 34.0 Å². The molecule has 11 aromatic rings. The molecule has 60 heavy (non-hydrogen) atoms. The van der Waals surface area contributed by atoms with E-state index in [2.05, 4.69) is 228 Å². The summed E-state index contributed by atoms with van der Waals surface area (Å²) in [5.41, 5.74) is 16.7. The molecule has 0 radical (unpaired) electrons. The first-order valence-electron chi connectivity index (χ1n) is 20.3. The zero-order valence-corrected chi connectivity index (χ0v) is 32.7. The van der Waals surface area contributed by atoms with Crippen LogP contribution in [0.15, 0.2) is 231 Å². The van der Waals surface area contributed by atoms with Gasteiger partial charge in [0.2, 0.25) is 0 Å². The molecule has 0 aliphatic rings. The SMILES string of the molecule is c1ccc(-c2ccc(-c3cccc4nc(-c5ccc(N(c6ccccc6)c6ccc(-n7c8ccccc8c8ccccc87)cc6)cc5)c(-c5ccccc5)nc34)cc2)cc1. The Morgan fingerprint density at radius 2 is 0.767 bits per heavy atom. The van der Waals surface area contributed by atoms with Gasteiger partial charge in [-0.3, -0.25) is 0 Å². The minimum atomic E-state index is 0.846. The van der Waals surface area contributed by atoms with Gasteiger partial charge in [-0.1, -0.05) is 164 Å². The van der Waals surface area contributed by atoms with Gasteiger partial charge in [0.05, 0.1) is 33.5 Å². The summed E-state index contributed by atoms with van der Waals surface area (Å²) in [5.74, 6) is 0. The second kappa shape index (κ2) is 15.0. The Hall–Kier alpha value is -8.08. The number of hydrogen-bond acceptors (Lipinski definition) is 3. The van der Waals surface area contributed by atoms with Crippen molar-refractivity contribution in [3.63, 3.8) is 0 Å². The summed E-state index contributed by atoms with van der Waals surface area (Å²) >= 11 is 0. The molecular weight excluding hydrogens is 729 g/mol. The lowest BCUT2D eigenvalue weighted by atomic mass is 9.98. The van der Waals surface area contributed by atoms with Crippen molar-refractivity contribution in [2.45, 2.75) is 0 Å². The third kappa shape index (κ3) is 6.28. The first-order valence-corrected chi connectivity index (χ1v) is 20.3. The third-order valence-corrected chi connectivity index (χ3v) is 11.4. The Labute approximate surface area is 348 Å². The van der Waals surface area contributed by atoms with Crippen LogP contribution in [0.25, 0.3) is 83.3 Å². The molecule has 0 aliphatic heterocycles. The number of fused-ring (bicyclic) bond motifs is 4. The van der Waals surface area contributed by atoms with E-state index in [9.17, 15) is 0 Å². The molecule has 0 atom stereocenters. The average molecular weight is 767 g/mol. The maximum absolute atomic E-state index is 5.42. The van der Waals surface area contributed by atoms with Crippen LogP contribution in [-0.2, 0) is 0 Å². The van der Waals surface area contributed by atoms with Crippen LogP contribution in [0.3, 0.4) is 0 Å². The molecule has 0 bridgehead atoms. The van der Waals surface area contributed by atoms with Gasteiger partial charge in [0, 0.05) is 50.2 Å². The number of aromatic nitrogens is 3. The molecule has 0 aliphatic carbocycles. The molecule has 0 saturated carbocycles. The average Bonchev–Trinajstić information content (AvgIpc) is 3.67. The summed E-state index contributed by atoms with van der Waals surface area (Å²) in [6.07, 6.45) is 0. The van der Waals surface area contributed by atoms with Gasteiger partial charge >= 0.3 is 0 Å². The fourth-order valence-corrected chi connectivity index (χ4v) is 8.53. The molecule has 2 heterocycles. The van der Waals surface area contributed by atoms with Crippen LogP contribution in [0.2, 0.25) is 0 Å². The van der Waals surface area contributed by atoms with E-state index in [4.69, 9.17) is 9.97 Å². The molecule has 4 heteroatoms. The Morgan fingerprint density at radius 1 is 0.317 bits per heavy atom. The highest BCUT2D eigenvalue weighted by molar-refractivity contribution is 6.09. The number of para-hydroxylation sites is 4. The Bertz CT molecular complexity index is 3210. The van der Waals surface area contributed by atoms with Crippen LogP contribution >= 0.6 is 0 Å². The van der Waals surface area contributed by atoms with E-state index in [0.29, 0.717) is 0 Å². The molecule has 9 aromatic carbocycles. The predicted octanol–water partition coefficient (Wildman–Crippen LogP) is 14.9. The first-order chi connectivity index (χ1) is 29.8. The summed E-state index contributed by atoms with van der Waals surface area (Å²) < 4.78 is 2.36. The number of hydrogen-bond donors (Lipinski definition) is 0. The van der Waals surface area contributed by atoms with Crippen LogP contribution in [0.4, 0.5) is 17.1 Å². The molecule has 2 aromatic heterocycles. The van der Waals surface area contributed by atoms with Crippen LogP contribution in [0.5, 0.6) is 0 Å². The zero-order valence-electron chi connectivity index (χ0n) is 32.7. The Balaban J connectivity index is 0.982. The van der Waals surface area contributed by atoms with E-state index in [1.807, 2.05) is 12.1 Å². The zero-order chi connectivity index (χ0) is 39.8. The number of rotatable bonds is 8. The third-order valence-electron chi connectivity index (χ3n) is 11.4. The van der Waals surface area contributed by atoms with Crippen molar-refractivity contribution in [1.82, 2.24) is 14.5 Å². The van der Waals surface area contributed by atoms with Gasteiger partial charge in [-0.05, 0) is 83.4 Å². The van der Waals surface area contributed by atoms with E-state index in [-0.39, 0.29) is 0 Å². The molecule has 0 fully saturated rings. The molecule has 4 nitrogen and oxygen atoms in total. The molecule has 0 unspecified atom stereocenters. The van der Waals surface area contributed by atoms with Crippen molar-refractivity contribution in [3.8, 4) is 50.5 Å². The lowest BCUT2D eigenvalue weighted by molar-refractivity contribution is 1.17. The van der Waals surface area contributed by atoms with Crippen molar-refractivity contribution in [2.24, 2.45) is 0 Å². The van der Waals surface area contributed by atoms with Gasteiger partial charge in [-0.2, -0.15) is 0 Å². The predicted molar refractivity (Wildman–Crippen MR) is 250 cm³/mol. The van der Waals surface area contributed by atoms with Crippen LogP contribution < -0.4 is 4.90 Å². The van der Waals surface area contributed by atoms with E-state index >= 15 is 0 Å². The minimum Gasteiger partial charge on any atom is -0.311 e. The standard InChI is InChI=1S/C56H38N4/c1-4-15-39(16-5-1)40-27-29-41(30-28-40)48-23-14-24-51-56(48)58-55(42-17-6-2-7-18-42)54(57-51)43-31-33-45(34-32-43)59(44-19-8-3-9-20-44)46-35-37-47(38-36-46)60-52-25-12-10-21-49(52)50-22-11-13-26-53(50)60/h1-38H. The summed E-state index contributed by atoms with van der Waals surface area (Å²) in [7, 11) is 0. The monoisotopic (exact) mass is 766 g/mol. The van der Waals surface area contributed by atoms with Crippen LogP contribution in [0, 0.1) is 0 Å².